The molecule has 2 aromatic rings. The van der Waals surface area contributed by atoms with Crippen molar-refractivity contribution in [3.63, 3.8) is 0 Å². The number of ether oxygens (including phenoxy) is 3. The van der Waals surface area contributed by atoms with Gasteiger partial charge in [0.25, 0.3) is 5.91 Å². The van der Waals surface area contributed by atoms with E-state index in [0.29, 0.717) is 5.75 Å². The average molecular weight is 350 g/mol. The smallest absolute Gasteiger partial charge is 0.271 e. The SMILES string of the molecule is COc1cc(C(=O)N/N=C\c2c(F)cccc2F)cc(OC)c1OC. The molecule has 0 aliphatic rings. The number of nitrogens with one attached hydrogen (secondary N) is 1. The van der Waals surface area contributed by atoms with Gasteiger partial charge in [-0.25, -0.2) is 14.2 Å². The number of hydrazone groups is 1. The fourth-order valence-electron chi connectivity index (χ4n) is 2.07. The van der Waals surface area contributed by atoms with Crippen molar-refractivity contribution in [1.82, 2.24) is 5.43 Å². The lowest BCUT2D eigenvalue weighted by molar-refractivity contribution is 0.0954. The number of carbonyl (C=O) groups is 1. The molecule has 1 N–H and O–H groups in total. The molecule has 0 saturated heterocycles. The molecule has 0 radical (unpaired) electrons. The molecule has 0 saturated carbocycles. The first-order valence-electron chi connectivity index (χ1n) is 7.09. The van der Waals surface area contributed by atoms with Crippen molar-refractivity contribution in [2.24, 2.45) is 5.10 Å². The third kappa shape index (κ3) is 4.03. The Balaban J connectivity index is 2.22. The van der Waals surface area contributed by atoms with Gasteiger partial charge in [-0.3, -0.25) is 4.79 Å². The number of nitrogens with zero attached hydrogens (tertiary/aromatic N) is 1. The van der Waals surface area contributed by atoms with Gasteiger partial charge in [-0.05, 0) is 24.3 Å². The monoisotopic (exact) mass is 350 g/mol. The second-order valence-corrected chi connectivity index (χ2v) is 4.75. The Labute approximate surface area is 143 Å². The Morgan fingerprint density at radius 1 is 1.04 bits per heavy atom. The van der Waals surface area contributed by atoms with Crippen LogP contribution in [0, 0.1) is 11.6 Å². The fraction of sp³-hybridized carbons (Fsp3) is 0.176. The summed E-state index contributed by atoms with van der Waals surface area (Å²) in [6.07, 6.45) is 0.889. The zero-order valence-corrected chi connectivity index (χ0v) is 13.8. The van der Waals surface area contributed by atoms with Gasteiger partial charge in [0, 0.05) is 5.56 Å². The van der Waals surface area contributed by atoms with Gasteiger partial charge in [0.15, 0.2) is 11.5 Å². The van der Waals surface area contributed by atoms with Gasteiger partial charge in [-0.1, -0.05) is 6.07 Å². The van der Waals surface area contributed by atoms with E-state index in [0.717, 1.165) is 18.3 Å². The van der Waals surface area contributed by atoms with Crippen LogP contribution in [-0.4, -0.2) is 33.5 Å². The fourth-order valence-corrected chi connectivity index (χ4v) is 2.07. The number of halogens is 2. The van der Waals surface area contributed by atoms with E-state index in [1.165, 1.54) is 39.5 Å². The molecule has 0 aromatic heterocycles. The van der Waals surface area contributed by atoms with Crippen LogP contribution >= 0.6 is 0 Å². The maximum Gasteiger partial charge on any atom is 0.271 e. The molecule has 0 aliphatic heterocycles. The third-order valence-electron chi connectivity index (χ3n) is 3.29. The molecule has 0 heterocycles. The van der Waals surface area contributed by atoms with E-state index in [1.807, 2.05) is 0 Å². The normalized spacial score (nSPS) is 10.6. The molecule has 132 valence electrons. The van der Waals surface area contributed by atoms with Gasteiger partial charge >= 0.3 is 0 Å². The molecule has 6 nitrogen and oxygen atoms in total. The molecular weight excluding hydrogens is 334 g/mol. The molecule has 2 rings (SSSR count). The van der Waals surface area contributed by atoms with Crippen LogP contribution in [0.25, 0.3) is 0 Å². The van der Waals surface area contributed by atoms with Crippen molar-refractivity contribution < 1.29 is 27.8 Å². The number of methoxy groups -OCH3 is 3. The molecule has 1 amide bonds. The predicted octanol–water partition coefficient (Wildman–Crippen LogP) is 2.75. The highest BCUT2D eigenvalue weighted by atomic mass is 19.1. The topological polar surface area (TPSA) is 69.2 Å². The van der Waals surface area contributed by atoms with Crippen LogP contribution in [0.1, 0.15) is 15.9 Å². The van der Waals surface area contributed by atoms with Gasteiger partial charge in [0.2, 0.25) is 5.75 Å². The van der Waals surface area contributed by atoms with Crippen LogP contribution in [0.3, 0.4) is 0 Å². The van der Waals surface area contributed by atoms with E-state index in [-0.39, 0.29) is 22.6 Å². The van der Waals surface area contributed by atoms with Gasteiger partial charge in [-0.15, -0.1) is 0 Å². The van der Waals surface area contributed by atoms with Crippen LogP contribution in [0.4, 0.5) is 8.78 Å². The summed E-state index contributed by atoms with van der Waals surface area (Å²) >= 11 is 0. The summed E-state index contributed by atoms with van der Waals surface area (Å²) in [5.74, 6) is -1.28. The van der Waals surface area contributed by atoms with Crippen molar-refractivity contribution in [1.29, 1.82) is 0 Å². The number of amides is 1. The number of rotatable bonds is 6. The van der Waals surface area contributed by atoms with E-state index < -0.39 is 17.5 Å². The minimum absolute atomic E-state index is 0.167. The van der Waals surface area contributed by atoms with E-state index in [4.69, 9.17) is 14.2 Å². The van der Waals surface area contributed by atoms with Crippen LogP contribution in [0.15, 0.2) is 35.4 Å². The number of carbonyl (C=O) groups excluding carboxylic acids is 1. The highest BCUT2D eigenvalue weighted by Crippen LogP contribution is 2.38. The molecule has 0 unspecified atom stereocenters. The van der Waals surface area contributed by atoms with Crippen LogP contribution in [0.2, 0.25) is 0 Å². The summed E-state index contributed by atoms with van der Waals surface area (Å²) in [7, 11) is 4.27. The maximum atomic E-state index is 13.5. The number of hydrogen-bond acceptors (Lipinski definition) is 5. The Hall–Kier alpha value is -3.16. The first-order chi connectivity index (χ1) is 12.0. The Bertz CT molecular complexity index is 764. The van der Waals surface area contributed by atoms with Crippen LogP contribution in [-0.2, 0) is 0 Å². The highest BCUT2D eigenvalue weighted by Gasteiger charge is 2.16. The molecule has 25 heavy (non-hydrogen) atoms. The second kappa shape index (κ2) is 8.09. The van der Waals surface area contributed by atoms with Crippen molar-refractivity contribution in [2.45, 2.75) is 0 Å². The molecule has 8 heteroatoms. The maximum absolute atomic E-state index is 13.5. The van der Waals surface area contributed by atoms with Gasteiger partial charge in [-0.2, -0.15) is 5.10 Å². The van der Waals surface area contributed by atoms with E-state index in [2.05, 4.69) is 10.5 Å². The van der Waals surface area contributed by atoms with Crippen molar-refractivity contribution >= 4 is 12.1 Å². The molecule has 0 fully saturated rings. The van der Waals surface area contributed by atoms with Gasteiger partial charge in [0.1, 0.15) is 11.6 Å². The summed E-state index contributed by atoms with van der Waals surface area (Å²) in [5.41, 5.74) is 2.00. The molecule has 0 spiro atoms. The van der Waals surface area contributed by atoms with E-state index in [9.17, 15) is 13.6 Å². The third-order valence-corrected chi connectivity index (χ3v) is 3.29. The van der Waals surface area contributed by atoms with Crippen molar-refractivity contribution in [3.8, 4) is 17.2 Å². The summed E-state index contributed by atoms with van der Waals surface area (Å²) in [5, 5.41) is 3.58. The average Bonchev–Trinajstić information content (AvgIpc) is 2.62. The van der Waals surface area contributed by atoms with Gasteiger partial charge in [0.05, 0.1) is 33.1 Å². The quantitative estimate of drug-likeness (QED) is 0.642. The molecule has 2 aromatic carbocycles. The lowest BCUT2D eigenvalue weighted by atomic mass is 10.1. The Morgan fingerprint density at radius 2 is 1.60 bits per heavy atom. The second-order valence-electron chi connectivity index (χ2n) is 4.75. The highest BCUT2D eigenvalue weighted by molar-refractivity contribution is 5.96. The summed E-state index contributed by atoms with van der Waals surface area (Å²) in [4.78, 5) is 12.2. The van der Waals surface area contributed by atoms with Crippen LogP contribution < -0.4 is 19.6 Å². The first kappa shape index (κ1) is 18.2. The minimum atomic E-state index is -0.786. The summed E-state index contributed by atoms with van der Waals surface area (Å²) in [6, 6.07) is 6.26. The predicted molar refractivity (Wildman–Crippen MR) is 87.5 cm³/mol. The standard InChI is InChI=1S/C17H16F2N2O4/c1-23-14-7-10(8-15(24-2)16(14)25-3)17(22)21-20-9-11-12(18)5-4-6-13(11)19/h4-9H,1-3H3,(H,21,22)/b20-9-. The van der Waals surface area contributed by atoms with E-state index in [1.54, 1.807) is 0 Å². The molecular formula is C17H16F2N2O4. The molecule has 0 bridgehead atoms. The van der Waals surface area contributed by atoms with Gasteiger partial charge < -0.3 is 14.2 Å². The van der Waals surface area contributed by atoms with E-state index >= 15 is 0 Å². The van der Waals surface area contributed by atoms with Crippen molar-refractivity contribution in [3.05, 3.63) is 53.1 Å². The summed E-state index contributed by atoms with van der Waals surface area (Å²) in [6.45, 7) is 0. The lowest BCUT2D eigenvalue weighted by Gasteiger charge is -2.13. The zero-order valence-electron chi connectivity index (χ0n) is 13.8. The Morgan fingerprint density at radius 3 is 2.08 bits per heavy atom. The van der Waals surface area contributed by atoms with Crippen LogP contribution in [0.5, 0.6) is 17.2 Å². The zero-order chi connectivity index (χ0) is 18.4. The minimum Gasteiger partial charge on any atom is -0.493 e. The van der Waals surface area contributed by atoms with Crippen molar-refractivity contribution in [2.75, 3.05) is 21.3 Å². The molecule has 0 atom stereocenters. The number of hydrogen-bond donors (Lipinski definition) is 1. The largest absolute Gasteiger partial charge is 0.493 e. The first-order valence-corrected chi connectivity index (χ1v) is 7.09. The lowest BCUT2D eigenvalue weighted by Crippen LogP contribution is -2.18. The Kier molecular flexibility index (Phi) is 5.89. The number of benzene rings is 2. The summed E-state index contributed by atoms with van der Waals surface area (Å²) < 4.78 is 42.4. The molecule has 0 aliphatic carbocycles.